The topological polar surface area (TPSA) is 68.9 Å². The van der Waals surface area contributed by atoms with Crippen LogP contribution in [0.4, 0.5) is 5.69 Å². The number of benzene rings is 1. The highest BCUT2D eigenvalue weighted by Crippen LogP contribution is 2.27. The molecule has 1 N–H and O–H groups in total. The maximum atomic E-state index is 12.4. The first-order valence-corrected chi connectivity index (χ1v) is 8.56. The summed E-state index contributed by atoms with van der Waals surface area (Å²) in [6.45, 7) is 4.41. The molecular weight excluding hydrogens is 328 g/mol. The van der Waals surface area contributed by atoms with Gasteiger partial charge in [0.1, 0.15) is 12.4 Å². The van der Waals surface area contributed by atoms with Gasteiger partial charge < -0.3 is 5.32 Å². The minimum atomic E-state index is -0.306. The number of rotatable bonds is 3. The van der Waals surface area contributed by atoms with E-state index < -0.39 is 0 Å². The first-order chi connectivity index (χ1) is 11.5. The van der Waals surface area contributed by atoms with Crippen LogP contribution in [0.2, 0.25) is 5.02 Å². The number of aromatic nitrogens is 3. The molecule has 0 bridgehead atoms. The Bertz CT molecular complexity index is 815. The van der Waals surface area contributed by atoms with Crippen LogP contribution in [0.25, 0.3) is 0 Å². The van der Waals surface area contributed by atoms with Crippen LogP contribution in [0, 0.1) is 13.8 Å². The molecule has 0 aliphatic carbocycles. The minimum absolute atomic E-state index is 0.109. The quantitative estimate of drug-likeness (QED) is 0.927. The first kappa shape index (κ1) is 16.8. The Morgan fingerprint density at radius 3 is 2.83 bits per heavy atom. The molecule has 3 rings (SSSR count). The Hall–Kier alpha value is -2.08. The van der Waals surface area contributed by atoms with E-state index >= 15 is 0 Å². The van der Waals surface area contributed by atoms with E-state index in [4.69, 9.17) is 11.6 Å². The molecule has 1 aromatic heterocycles. The van der Waals surface area contributed by atoms with Crippen molar-refractivity contribution in [1.82, 2.24) is 14.3 Å². The zero-order valence-corrected chi connectivity index (χ0v) is 14.7. The van der Waals surface area contributed by atoms with Gasteiger partial charge in [-0.15, -0.1) is 0 Å². The highest BCUT2D eigenvalue weighted by Gasteiger charge is 2.18. The van der Waals surface area contributed by atoms with Crippen molar-refractivity contribution >= 4 is 23.2 Å². The van der Waals surface area contributed by atoms with Gasteiger partial charge >= 0.3 is 5.69 Å². The molecule has 1 aromatic carbocycles. The number of nitrogens with one attached hydrogen (secondary N) is 1. The molecule has 0 fully saturated rings. The predicted octanol–water partition coefficient (Wildman–Crippen LogP) is 2.68. The lowest BCUT2D eigenvalue weighted by molar-refractivity contribution is -0.117. The van der Waals surface area contributed by atoms with E-state index in [1.165, 1.54) is 4.68 Å². The summed E-state index contributed by atoms with van der Waals surface area (Å²) in [5, 5.41) is 7.61. The molecule has 0 radical (unpaired) electrons. The van der Waals surface area contributed by atoms with Crippen LogP contribution in [0.3, 0.4) is 0 Å². The van der Waals surface area contributed by atoms with Gasteiger partial charge in [0.05, 0.1) is 10.7 Å². The number of anilines is 1. The summed E-state index contributed by atoms with van der Waals surface area (Å²) in [7, 11) is 0. The smallest absolute Gasteiger partial charge is 0.323 e. The van der Waals surface area contributed by atoms with Gasteiger partial charge in [0.15, 0.2) is 0 Å². The summed E-state index contributed by atoms with van der Waals surface area (Å²) in [6.07, 6.45) is 3.89. The molecule has 0 saturated carbocycles. The van der Waals surface area contributed by atoms with Crippen LogP contribution in [0.15, 0.2) is 16.9 Å². The lowest BCUT2D eigenvalue weighted by atomic mass is 10.1. The average Bonchev–Trinajstić information content (AvgIpc) is 2.69. The van der Waals surface area contributed by atoms with Gasteiger partial charge in [-0.05, 0) is 43.9 Å². The number of aryl methyl sites for hydroxylation is 3. The third-order valence-electron chi connectivity index (χ3n) is 4.27. The average molecular weight is 349 g/mol. The van der Waals surface area contributed by atoms with Gasteiger partial charge in [-0.3, -0.25) is 9.36 Å². The second-order valence-electron chi connectivity index (χ2n) is 6.31. The number of carbonyl (C=O) groups is 1. The molecule has 7 heteroatoms. The van der Waals surface area contributed by atoms with Crippen LogP contribution >= 0.6 is 11.6 Å². The first-order valence-electron chi connectivity index (χ1n) is 8.19. The van der Waals surface area contributed by atoms with E-state index in [-0.39, 0.29) is 18.1 Å². The fraction of sp³-hybridized carbons (Fsp3) is 0.471. The molecule has 0 spiro atoms. The number of nitrogens with zero attached hydrogens (tertiary/aromatic N) is 3. The highest BCUT2D eigenvalue weighted by molar-refractivity contribution is 6.34. The molecule has 2 aromatic rings. The largest absolute Gasteiger partial charge is 0.346 e. The Morgan fingerprint density at radius 1 is 1.29 bits per heavy atom. The highest BCUT2D eigenvalue weighted by atomic mass is 35.5. The van der Waals surface area contributed by atoms with Gasteiger partial charge in [-0.1, -0.05) is 24.1 Å². The van der Waals surface area contributed by atoms with Crippen molar-refractivity contribution in [3.05, 3.63) is 44.6 Å². The molecule has 24 heavy (non-hydrogen) atoms. The lowest BCUT2D eigenvalue weighted by Gasteiger charge is -2.11. The SMILES string of the molecule is Cc1cc(C)c(NC(=O)Cn2nc3n(c2=O)CCCCC3)c(Cl)c1. The summed E-state index contributed by atoms with van der Waals surface area (Å²) < 4.78 is 2.93. The fourth-order valence-corrected chi connectivity index (χ4v) is 3.49. The number of fused-ring (bicyclic) bond motifs is 1. The molecule has 1 aliphatic rings. The van der Waals surface area contributed by atoms with E-state index in [9.17, 15) is 9.59 Å². The van der Waals surface area contributed by atoms with Crippen LogP contribution < -0.4 is 11.0 Å². The Labute approximate surface area is 145 Å². The minimum Gasteiger partial charge on any atom is -0.323 e. The van der Waals surface area contributed by atoms with E-state index in [0.29, 0.717) is 17.3 Å². The Kier molecular flexibility index (Phi) is 4.76. The van der Waals surface area contributed by atoms with Gasteiger partial charge in [0.2, 0.25) is 5.91 Å². The van der Waals surface area contributed by atoms with Gasteiger partial charge in [-0.2, -0.15) is 5.10 Å². The number of hydrogen-bond donors (Lipinski definition) is 1. The van der Waals surface area contributed by atoms with Crippen LogP contribution in [-0.2, 0) is 24.3 Å². The van der Waals surface area contributed by atoms with Gasteiger partial charge in [0, 0.05) is 13.0 Å². The van der Waals surface area contributed by atoms with E-state index in [2.05, 4.69) is 10.4 Å². The zero-order valence-electron chi connectivity index (χ0n) is 13.9. The zero-order chi connectivity index (χ0) is 17.3. The van der Waals surface area contributed by atoms with Crippen molar-refractivity contribution in [2.24, 2.45) is 0 Å². The van der Waals surface area contributed by atoms with E-state index in [1.807, 2.05) is 19.9 Å². The molecule has 128 valence electrons. The molecule has 1 aliphatic heterocycles. The summed E-state index contributed by atoms with van der Waals surface area (Å²) in [6, 6.07) is 3.75. The molecule has 0 unspecified atom stereocenters. The lowest BCUT2D eigenvalue weighted by Crippen LogP contribution is -2.30. The van der Waals surface area contributed by atoms with Crippen LogP contribution in [0.1, 0.15) is 36.2 Å². The number of hydrogen-bond acceptors (Lipinski definition) is 3. The van der Waals surface area contributed by atoms with Crippen LogP contribution in [-0.4, -0.2) is 20.3 Å². The van der Waals surface area contributed by atoms with Crippen molar-refractivity contribution in [2.75, 3.05) is 5.32 Å². The summed E-state index contributed by atoms with van der Waals surface area (Å²) in [4.78, 5) is 24.7. The second kappa shape index (κ2) is 6.81. The number of carbonyl (C=O) groups excluding carboxylic acids is 1. The third kappa shape index (κ3) is 3.38. The summed E-state index contributed by atoms with van der Waals surface area (Å²) in [5.74, 6) is 0.467. The van der Waals surface area contributed by atoms with Crippen molar-refractivity contribution in [3.8, 4) is 0 Å². The predicted molar refractivity (Wildman–Crippen MR) is 93.6 cm³/mol. The van der Waals surface area contributed by atoms with Crippen molar-refractivity contribution in [2.45, 2.75) is 52.6 Å². The van der Waals surface area contributed by atoms with E-state index in [1.54, 1.807) is 10.6 Å². The fourth-order valence-electron chi connectivity index (χ4n) is 3.12. The van der Waals surface area contributed by atoms with Crippen molar-refractivity contribution in [3.63, 3.8) is 0 Å². The molecule has 6 nitrogen and oxygen atoms in total. The Morgan fingerprint density at radius 2 is 2.08 bits per heavy atom. The van der Waals surface area contributed by atoms with Gasteiger partial charge in [0.25, 0.3) is 0 Å². The standard InChI is InChI=1S/C17H21ClN4O2/c1-11-8-12(2)16(13(18)9-11)19-15(23)10-22-17(24)21-7-5-3-4-6-14(21)20-22/h8-9H,3-7,10H2,1-2H3,(H,19,23). The van der Waals surface area contributed by atoms with Gasteiger partial charge in [-0.25, -0.2) is 9.48 Å². The molecule has 2 heterocycles. The van der Waals surface area contributed by atoms with Crippen molar-refractivity contribution in [1.29, 1.82) is 0 Å². The second-order valence-corrected chi connectivity index (χ2v) is 6.71. The molecular formula is C17H21ClN4O2. The maximum Gasteiger partial charge on any atom is 0.346 e. The van der Waals surface area contributed by atoms with Crippen molar-refractivity contribution < 1.29 is 4.79 Å². The number of amides is 1. The number of halogens is 1. The molecule has 1 amide bonds. The molecule has 0 saturated heterocycles. The van der Waals surface area contributed by atoms with Crippen LogP contribution in [0.5, 0.6) is 0 Å². The monoisotopic (exact) mass is 348 g/mol. The normalized spacial score (nSPS) is 14.1. The molecule has 0 atom stereocenters. The van der Waals surface area contributed by atoms with E-state index in [0.717, 1.165) is 42.6 Å². The third-order valence-corrected chi connectivity index (χ3v) is 4.57. The summed E-state index contributed by atoms with van der Waals surface area (Å²) >= 11 is 6.21. The maximum absolute atomic E-state index is 12.4. The summed E-state index contributed by atoms with van der Waals surface area (Å²) in [5.41, 5.74) is 2.29. The Balaban J connectivity index is 1.78.